The highest BCUT2D eigenvalue weighted by Gasteiger charge is 2.25. The van der Waals surface area contributed by atoms with Crippen molar-refractivity contribution in [1.29, 1.82) is 0 Å². The molecule has 1 aromatic carbocycles. The minimum atomic E-state index is 0.0526. The summed E-state index contributed by atoms with van der Waals surface area (Å²) >= 11 is 0. The second kappa shape index (κ2) is 9.64. The molecule has 6 heteroatoms. The van der Waals surface area contributed by atoms with Gasteiger partial charge in [-0.15, -0.1) is 0 Å². The highest BCUT2D eigenvalue weighted by molar-refractivity contribution is 5.77. The highest BCUT2D eigenvalue weighted by atomic mass is 16.2. The van der Waals surface area contributed by atoms with Gasteiger partial charge in [0.2, 0.25) is 5.95 Å². The molecule has 2 heterocycles. The lowest BCUT2D eigenvalue weighted by molar-refractivity contribution is -0.892. The van der Waals surface area contributed by atoms with Gasteiger partial charge in [0.05, 0.1) is 32.2 Å². The van der Waals surface area contributed by atoms with Crippen LogP contribution in [0.3, 0.4) is 0 Å². The van der Waals surface area contributed by atoms with Crippen molar-refractivity contribution in [2.75, 3.05) is 37.6 Å². The fourth-order valence-corrected chi connectivity index (χ4v) is 3.70. The molecule has 0 aliphatic carbocycles. The average Bonchev–Trinajstić information content (AvgIpc) is 2.73. The zero-order valence-corrected chi connectivity index (χ0v) is 17.2. The van der Waals surface area contributed by atoms with Crippen LogP contribution in [0.2, 0.25) is 0 Å². The first-order valence-electron chi connectivity index (χ1n) is 10.3. The predicted molar refractivity (Wildman–Crippen MR) is 111 cm³/mol. The third-order valence-corrected chi connectivity index (χ3v) is 5.45. The second-order valence-corrected chi connectivity index (χ2v) is 7.85. The number of nitrogens with one attached hydrogen (secondary N) is 2. The van der Waals surface area contributed by atoms with Crippen molar-refractivity contribution in [2.45, 2.75) is 33.2 Å². The summed E-state index contributed by atoms with van der Waals surface area (Å²) in [5.41, 5.74) is 2.50. The standard InChI is InChI=1S/C22H31N5O/c1-4-18-6-8-19(9-7-18)21(17(2)3)25-20(28)16-26-12-14-27(15-13-26)22-23-10-5-11-24-22/h5-11,17,21H,4,12-16H2,1-3H3,(H,25,28)/p+1/t21-/m0/s1. The number of carbonyl (C=O) groups is 1. The molecular formula is C22H32N5O+. The number of aromatic nitrogens is 2. The Morgan fingerprint density at radius 2 is 1.79 bits per heavy atom. The van der Waals surface area contributed by atoms with Gasteiger partial charge in [-0.1, -0.05) is 45.0 Å². The largest absolute Gasteiger partial charge is 0.344 e. The van der Waals surface area contributed by atoms with Crippen LogP contribution in [0, 0.1) is 5.92 Å². The van der Waals surface area contributed by atoms with Gasteiger partial charge in [-0.05, 0) is 29.5 Å². The summed E-state index contributed by atoms with van der Waals surface area (Å²) in [7, 11) is 0. The molecular weight excluding hydrogens is 350 g/mol. The summed E-state index contributed by atoms with van der Waals surface area (Å²) in [6.07, 6.45) is 4.57. The van der Waals surface area contributed by atoms with Crippen molar-refractivity contribution in [2.24, 2.45) is 5.92 Å². The van der Waals surface area contributed by atoms with E-state index in [0.29, 0.717) is 12.5 Å². The molecule has 0 spiro atoms. The third kappa shape index (κ3) is 5.29. The normalized spacial score (nSPS) is 16.2. The number of aryl methyl sites for hydroxylation is 1. The monoisotopic (exact) mass is 382 g/mol. The Morgan fingerprint density at radius 3 is 2.36 bits per heavy atom. The van der Waals surface area contributed by atoms with Crippen molar-refractivity contribution < 1.29 is 9.69 Å². The molecule has 2 aromatic rings. The molecule has 1 fully saturated rings. The number of benzene rings is 1. The van der Waals surface area contributed by atoms with Gasteiger partial charge in [0.1, 0.15) is 0 Å². The molecule has 1 aliphatic heterocycles. The van der Waals surface area contributed by atoms with Crippen molar-refractivity contribution in [1.82, 2.24) is 15.3 Å². The zero-order chi connectivity index (χ0) is 19.9. The van der Waals surface area contributed by atoms with Gasteiger partial charge in [-0.2, -0.15) is 0 Å². The molecule has 1 saturated heterocycles. The number of amides is 1. The lowest BCUT2D eigenvalue weighted by Crippen LogP contribution is -3.16. The quantitative estimate of drug-likeness (QED) is 0.757. The Bertz CT molecular complexity index is 739. The van der Waals surface area contributed by atoms with Crippen LogP contribution in [0.4, 0.5) is 5.95 Å². The number of rotatable bonds is 7. The average molecular weight is 383 g/mol. The maximum absolute atomic E-state index is 12.7. The SMILES string of the molecule is CCc1ccc([C@@H](NC(=O)C[NH+]2CCN(c3ncccn3)CC2)C(C)C)cc1. The van der Waals surface area contributed by atoms with Gasteiger partial charge < -0.3 is 15.1 Å². The molecule has 1 amide bonds. The van der Waals surface area contributed by atoms with E-state index in [0.717, 1.165) is 38.5 Å². The van der Waals surface area contributed by atoms with E-state index >= 15 is 0 Å². The smallest absolute Gasteiger partial charge is 0.275 e. The molecule has 3 rings (SSSR count). The molecule has 1 aromatic heterocycles. The van der Waals surface area contributed by atoms with Crippen LogP contribution >= 0.6 is 0 Å². The lowest BCUT2D eigenvalue weighted by atomic mass is 9.95. The number of hydrogen-bond acceptors (Lipinski definition) is 4. The Morgan fingerprint density at radius 1 is 1.14 bits per heavy atom. The maximum atomic E-state index is 12.7. The highest BCUT2D eigenvalue weighted by Crippen LogP contribution is 2.22. The second-order valence-electron chi connectivity index (χ2n) is 7.85. The number of nitrogens with zero attached hydrogens (tertiary/aromatic N) is 3. The Hall–Kier alpha value is -2.47. The number of piperazine rings is 1. The molecule has 1 atom stereocenters. The van der Waals surface area contributed by atoms with Crippen LogP contribution in [-0.2, 0) is 11.2 Å². The van der Waals surface area contributed by atoms with Gasteiger partial charge in [-0.25, -0.2) is 9.97 Å². The van der Waals surface area contributed by atoms with E-state index < -0.39 is 0 Å². The molecule has 28 heavy (non-hydrogen) atoms. The van der Waals surface area contributed by atoms with E-state index in [1.54, 1.807) is 12.4 Å². The summed E-state index contributed by atoms with van der Waals surface area (Å²) in [5.74, 6) is 1.25. The molecule has 0 bridgehead atoms. The first kappa shape index (κ1) is 20.3. The third-order valence-electron chi connectivity index (χ3n) is 5.45. The lowest BCUT2D eigenvalue weighted by Gasteiger charge is -2.32. The van der Waals surface area contributed by atoms with Crippen molar-refractivity contribution in [3.8, 4) is 0 Å². The van der Waals surface area contributed by atoms with Gasteiger partial charge in [0.15, 0.2) is 6.54 Å². The van der Waals surface area contributed by atoms with Gasteiger partial charge in [0, 0.05) is 12.4 Å². The summed E-state index contributed by atoms with van der Waals surface area (Å²) in [5, 5.41) is 3.26. The minimum absolute atomic E-state index is 0.0526. The molecule has 0 saturated carbocycles. The summed E-state index contributed by atoms with van der Waals surface area (Å²) < 4.78 is 0. The number of carbonyl (C=O) groups excluding carboxylic acids is 1. The minimum Gasteiger partial charge on any atom is -0.344 e. The molecule has 0 unspecified atom stereocenters. The Kier molecular flexibility index (Phi) is 6.98. The molecule has 0 radical (unpaired) electrons. The topological polar surface area (TPSA) is 62.6 Å². The van der Waals surface area contributed by atoms with Gasteiger partial charge >= 0.3 is 0 Å². The Balaban J connectivity index is 1.52. The van der Waals surface area contributed by atoms with Crippen LogP contribution in [0.5, 0.6) is 0 Å². The van der Waals surface area contributed by atoms with E-state index in [2.05, 4.69) is 65.2 Å². The zero-order valence-electron chi connectivity index (χ0n) is 17.2. The fourth-order valence-electron chi connectivity index (χ4n) is 3.70. The van der Waals surface area contributed by atoms with Crippen LogP contribution in [-0.4, -0.2) is 48.6 Å². The maximum Gasteiger partial charge on any atom is 0.275 e. The van der Waals surface area contributed by atoms with Gasteiger partial charge in [-0.3, -0.25) is 4.79 Å². The predicted octanol–water partition coefficient (Wildman–Crippen LogP) is 1.26. The molecule has 2 N–H and O–H groups in total. The van der Waals surface area contributed by atoms with Crippen molar-refractivity contribution in [3.63, 3.8) is 0 Å². The summed E-state index contributed by atoms with van der Waals surface area (Å²) in [6, 6.07) is 10.5. The molecule has 6 nitrogen and oxygen atoms in total. The van der Waals surface area contributed by atoms with Crippen LogP contribution < -0.4 is 15.1 Å². The van der Waals surface area contributed by atoms with E-state index in [1.165, 1.54) is 16.0 Å². The number of quaternary nitrogens is 1. The van der Waals surface area contributed by atoms with E-state index in [1.807, 2.05) is 6.07 Å². The van der Waals surface area contributed by atoms with E-state index in [-0.39, 0.29) is 11.9 Å². The van der Waals surface area contributed by atoms with Crippen LogP contribution in [0.25, 0.3) is 0 Å². The number of anilines is 1. The molecule has 1 aliphatic rings. The molecule has 150 valence electrons. The van der Waals surface area contributed by atoms with Crippen molar-refractivity contribution >= 4 is 11.9 Å². The van der Waals surface area contributed by atoms with Gasteiger partial charge in [0.25, 0.3) is 5.91 Å². The fraction of sp³-hybridized carbons (Fsp3) is 0.500. The van der Waals surface area contributed by atoms with Crippen LogP contribution in [0.1, 0.15) is 37.9 Å². The summed E-state index contributed by atoms with van der Waals surface area (Å²) in [4.78, 5) is 24.8. The van der Waals surface area contributed by atoms with Crippen molar-refractivity contribution in [3.05, 3.63) is 53.9 Å². The number of hydrogen-bond donors (Lipinski definition) is 2. The first-order valence-corrected chi connectivity index (χ1v) is 10.3. The van der Waals surface area contributed by atoms with Crippen LogP contribution in [0.15, 0.2) is 42.7 Å². The van der Waals surface area contributed by atoms with E-state index in [9.17, 15) is 4.79 Å². The summed E-state index contributed by atoms with van der Waals surface area (Å²) in [6.45, 7) is 10.6. The Labute approximate surface area is 168 Å². The first-order chi connectivity index (χ1) is 13.6. The van der Waals surface area contributed by atoms with E-state index in [4.69, 9.17) is 0 Å².